The molecular formula is C17H15F2N7O. The second-order valence-corrected chi connectivity index (χ2v) is 5.91. The Labute approximate surface area is 151 Å². The SMILES string of the molecule is CCn1cc(-c2c(-c3ccc(F)c(F)c3)ncn2Cc2n[nH]c(=O)[nH]2)cn1. The fourth-order valence-corrected chi connectivity index (χ4v) is 2.86. The maximum absolute atomic E-state index is 13.7. The molecule has 0 saturated carbocycles. The average Bonchev–Trinajstić information content (AvgIpc) is 3.37. The minimum atomic E-state index is -0.950. The molecule has 4 rings (SSSR count). The standard InChI is InChI=1S/C17H15F2N7O/c1-2-26-7-11(6-21-26)16-15(10-3-4-12(18)13(19)5-10)20-9-25(16)8-14-22-17(27)24-23-14/h3-7,9H,2,8H2,1H3,(H2,22,23,24,27). The molecule has 3 heterocycles. The van der Waals surface area contributed by atoms with Gasteiger partial charge in [-0.25, -0.2) is 23.7 Å². The zero-order valence-electron chi connectivity index (χ0n) is 14.3. The van der Waals surface area contributed by atoms with Crippen LogP contribution in [0.1, 0.15) is 12.7 Å². The van der Waals surface area contributed by atoms with E-state index in [0.717, 1.165) is 17.7 Å². The van der Waals surface area contributed by atoms with Crippen molar-refractivity contribution in [3.8, 4) is 22.5 Å². The van der Waals surface area contributed by atoms with Gasteiger partial charge in [0.2, 0.25) is 0 Å². The Hall–Kier alpha value is -3.56. The molecule has 0 fully saturated rings. The largest absolute Gasteiger partial charge is 0.340 e. The van der Waals surface area contributed by atoms with E-state index < -0.39 is 17.3 Å². The summed E-state index contributed by atoms with van der Waals surface area (Å²) in [4.78, 5) is 18.2. The number of nitrogens with zero attached hydrogens (tertiary/aromatic N) is 5. The molecule has 0 radical (unpaired) electrons. The van der Waals surface area contributed by atoms with Crippen molar-refractivity contribution in [2.24, 2.45) is 0 Å². The fourth-order valence-electron chi connectivity index (χ4n) is 2.86. The Morgan fingerprint density at radius 2 is 2.04 bits per heavy atom. The smallest absolute Gasteiger partial charge is 0.322 e. The molecule has 0 saturated heterocycles. The molecule has 0 atom stereocenters. The third-order valence-corrected chi connectivity index (χ3v) is 4.13. The van der Waals surface area contributed by atoms with Gasteiger partial charge >= 0.3 is 5.69 Å². The van der Waals surface area contributed by atoms with Crippen molar-refractivity contribution in [3.05, 3.63) is 64.9 Å². The van der Waals surface area contributed by atoms with Crippen molar-refractivity contribution >= 4 is 0 Å². The number of aromatic nitrogens is 7. The summed E-state index contributed by atoms with van der Waals surface area (Å²) in [6, 6.07) is 3.63. The molecule has 138 valence electrons. The van der Waals surface area contributed by atoms with Crippen LogP contribution in [0.25, 0.3) is 22.5 Å². The number of hydrogen-bond donors (Lipinski definition) is 2. The number of rotatable bonds is 5. The number of imidazole rings is 1. The van der Waals surface area contributed by atoms with E-state index in [1.165, 1.54) is 6.07 Å². The van der Waals surface area contributed by atoms with Gasteiger partial charge in [-0.2, -0.15) is 10.2 Å². The number of hydrogen-bond acceptors (Lipinski definition) is 4. The second-order valence-electron chi connectivity index (χ2n) is 5.91. The van der Waals surface area contributed by atoms with E-state index in [2.05, 4.69) is 25.3 Å². The van der Waals surface area contributed by atoms with E-state index >= 15 is 0 Å². The van der Waals surface area contributed by atoms with Crippen LogP contribution >= 0.6 is 0 Å². The third-order valence-electron chi connectivity index (χ3n) is 4.13. The number of nitrogens with one attached hydrogen (secondary N) is 2. The summed E-state index contributed by atoms with van der Waals surface area (Å²) < 4.78 is 30.6. The van der Waals surface area contributed by atoms with Gasteiger partial charge in [-0.05, 0) is 25.1 Å². The number of benzene rings is 1. The molecule has 0 aliphatic rings. The van der Waals surface area contributed by atoms with Crippen LogP contribution in [0.2, 0.25) is 0 Å². The van der Waals surface area contributed by atoms with Crippen LogP contribution in [0, 0.1) is 11.6 Å². The van der Waals surface area contributed by atoms with Crippen molar-refractivity contribution in [3.63, 3.8) is 0 Å². The zero-order chi connectivity index (χ0) is 19.0. The summed E-state index contributed by atoms with van der Waals surface area (Å²) >= 11 is 0. The summed E-state index contributed by atoms with van der Waals surface area (Å²) in [7, 11) is 0. The Morgan fingerprint density at radius 1 is 1.19 bits per heavy atom. The molecule has 1 aromatic carbocycles. The first-order valence-electron chi connectivity index (χ1n) is 8.22. The third kappa shape index (κ3) is 3.16. The van der Waals surface area contributed by atoms with Gasteiger partial charge in [0.05, 0.1) is 30.5 Å². The van der Waals surface area contributed by atoms with E-state index in [0.29, 0.717) is 29.3 Å². The Balaban J connectivity index is 1.85. The zero-order valence-corrected chi connectivity index (χ0v) is 14.3. The van der Waals surface area contributed by atoms with Crippen LogP contribution in [0.4, 0.5) is 8.78 Å². The van der Waals surface area contributed by atoms with Gasteiger partial charge in [0.1, 0.15) is 0 Å². The predicted molar refractivity (Wildman–Crippen MR) is 92.8 cm³/mol. The van der Waals surface area contributed by atoms with Crippen molar-refractivity contribution in [2.75, 3.05) is 0 Å². The fraction of sp³-hybridized carbons (Fsp3) is 0.176. The van der Waals surface area contributed by atoms with E-state index in [1.54, 1.807) is 21.8 Å². The van der Waals surface area contributed by atoms with E-state index in [9.17, 15) is 13.6 Å². The molecule has 0 amide bonds. The van der Waals surface area contributed by atoms with Crippen LogP contribution in [-0.2, 0) is 13.1 Å². The summed E-state index contributed by atoms with van der Waals surface area (Å²) in [5, 5.41) is 10.5. The molecule has 0 spiro atoms. The normalized spacial score (nSPS) is 11.2. The predicted octanol–water partition coefficient (Wildman–Crippen LogP) is 2.17. The van der Waals surface area contributed by atoms with Crippen molar-refractivity contribution in [2.45, 2.75) is 20.0 Å². The van der Waals surface area contributed by atoms with Crippen LogP contribution in [0.15, 0.2) is 41.7 Å². The maximum Gasteiger partial charge on any atom is 0.340 e. The van der Waals surface area contributed by atoms with Gasteiger partial charge in [-0.3, -0.25) is 9.67 Å². The number of H-pyrrole nitrogens is 2. The summed E-state index contributed by atoms with van der Waals surface area (Å²) in [5.74, 6) is -1.46. The highest BCUT2D eigenvalue weighted by molar-refractivity contribution is 5.78. The lowest BCUT2D eigenvalue weighted by molar-refractivity contribution is 0.509. The van der Waals surface area contributed by atoms with E-state index in [1.807, 2.05) is 13.1 Å². The lowest BCUT2D eigenvalue weighted by atomic mass is 10.1. The molecule has 4 aromatic rings. The summed E-state index contributed by atoms with van der Waals surface area (Å²) in [6.07, 6.45) is 5.07. The van der Waals surface area contributed by atoms with Crippen LogP contribution < -0.4 is 5.69 Å². The molecule has 0 bridgehead atoms. The average molecular weight is 371 g/mol. The summed E-state index contributed by atoms with van der Waals surface area (Å²) in [6.45, 7) is 2.88. The Bertz CT molecular complexity index is 1150. The molecule has 0 aliphatic carbocycles. The first kappa shape index (κ1) is 16.9. The number of aryl methyl sites for hydroxylation is 1. The highest BCUT2D eigenvalue weighted by atomic mass is 19.2. The number of halogens is 2. The Kier molecular flexibility index (Phi) is 4.15. The van der Waals surface area contributed by atoms with Crippen LogP contribution in [0.3, 0.4) is 0 Å². The lowest BCUT2D eigenvalue weighted by Crippen LogP contribution is -2.05. The van der Waals surface area contributed by atoms with Gasteiger partial charge in [-0.1, -0.05) is 0 Å². The first-order valence-corrected chi connectivity index (χ1v) is 8.22. The minimum absolute atomic E-state index is 0.238. The highest BCUT2D eigenvalue weighted by Gasteiger charge is 2.18. The van der Waals surface area contributed by atoms with Gasteiger partial charge < -0.3 is 4.57 Å². The van der Waals surface area contributed by atoms with E-state index in [4.69, 9.17) is 0 Å². The highest BCUT2D eigenvalue weighted by Crippen LogP contribution is 2.32. The van der Waals surface area contributed by atoms with Gasteiger partial charge in [0, 0.05) is 23.9 Å². The number of aromatic amines is 2. The molecule has 8 nitrogen and oxygen atoms in total. The molecule has 10 heteroatoms. The van der Waals surface area contributed by atoms with Gasteiger partial charge in [0.15, 0.2) is 17.5 Å². The first-order chi connectivity index (χ1) is 13.0. The van der Waals surface area contributed by atoms with Crippen molar-refractivity contribution < 1.29 is 8.78 Å². The van der Waals surface area contributed by atoms with Crippen LogP contribution in [-0.4, -0.2) is 34.5 Å². The maximum atomic E-state index is 13.7. The molecular weight excluding hydrogens is 356 g/mol. The van der Waals surface area contributed by atoms with Gasteiger partial charge in [0.25, 0.3) is 0 Å². The molecule has 2 N–H and O–H groups in total. The molecule has 3 aromatic heterocycles. The monoisotopic (exact) mass is 371 g/mol. The van der Waals surface area contributed by atoms with Crippen molar-refractivity contribution in [1.82, 2.24) is 34.5 Å². The van der Waals surface area contributed by atoms with Crippen molar-refractivity contribution in [1.29, 1.82) is 0 Å². The molecule has 0 aliphatic heterocycles. The molecule has 27 heavy (non-hydrogen) atoms. The van der Waals surface area contributed by atoms with Gasteiger partial charge in [-0.15, -0.1) is 0 Å². The molecule has 0 unspecified atom stereocenters. The van der Waals surface area contributed by atoms with E-state index in [-0.39, 0.29) is 6.54 Å². The Morgan fingerprint density at radius 3 is 2.70 bits per heavy atom. The van der Waals surface area contributed by atoms with Crippen LogP contribution in [0.5, 0.6) is 0 Å². The minimum Gasteiger partial charge on any atom is -0.322 e. The topological polar surface area (TPSA) is 97.2 Å². The quantitative estimate of drug-likeness (QED) is 0.562. The summed E-state index contributed by atoms with van der Waals surface area (Å²) in [5.41, 5.74) is 1.91. The lowest BCUT2D eigenvalue weighted by Gasteiger charge is -2.08. The second kappa shape index (κ2) is 6.63.